The first-order chi connectivity index (χ1) is 20.0. The fourth-order valence-electron chi connectivity index (χ4n) is 5.04. The van der Waals surface area contributed by atoms with E-state index in [-0.39, 0.29) is 5.75 Å². The van der Waals surface area contributed by atoms with E-state index in [1.165, 1.54) is 48.6 Å². The summed E-state index contributed by atoms with van der Waals surface area (Å²) in [5.41, 5.74) is 9.75. The maximum absolute atomic E-state index is 11.4. The van der Waals surface area contributed by atoms with Crippen LogP contribution in [0, 0.1) is 27.7 Å². The summed E-state index contributed by atoms with van der Waals surface area (Å²) in [6, 6.07) is 19.4. The Balaban J connectivity index is 1.50. The third kappa shape index (κ3) is 7.06. The molecule has 2 heterocycles. The normalized spacial score (nSPS) is 15.0. The minimum Gasteiger partial charge on any atom is -0.335 e. The van der Waals surface area contributed by atoms with Crippen molar-refractivity contribution < 1.29 is 17.5 Å². The number of hydrogen-bond acceptors (Lipinski definition) is 5. The monoisotopic (exact) mass is 617 g/mol. The molecule has 3 aromatic carbocycles. The number of aromatic nitrogens is 1. The Morgan fingerprint density at radius 3 is 2.40 bits per heavy atom. The molecule has 0 unspecified atom stereocenters. The van der Waals surface area contributed by atoms with Gasteiger partial charge >= 0.3 is 0 Å². The van der Waals surface area contributed by atoms with Gasteiger partial charge in [0.2, 0.25) is 5.52 Å². The number of thiazole rings is 1. The molecule has 1 N–H and O–H groups in total. The van der Waals surface area contributed by atoms with Gasteiger partial charge in [0.15, 0.2) is 0 Å². The summed E-state index contributed by atoms with van der Waals surface area (Å²) in [5, 5.41) is 2.23. The summed E-state index contributed by atoms with van der Waals surface area (Å²) in [7, 11) is -1.89. The molecule has 0 fully saturated rings. The number of allylic oxidation sites excluding steroid dienone is 4. The van der Waals surface area contributed by atoms with Crippen LogP contribution in [0.25, 0.3) is 16.3 Å². The Labute approximate surface area is 257 Å². The Bertz CT molecular complexity index is 1840. The molecule has 218 valence electrons. The van der Waals surface area contributed by atoms with E-state index in [1.54, 1.807) is 23.1 Å². The molecule has 0 spiro atoms. The highest BCUT2D eigenvalue weighted by molar-refractivity contribution is 8.03. The quantitative estimate of drug-likeness (QED) is 0.118. The number of benzene rings is 3. The minimum absolute atomic E-state index is 0.259. The molecule has 5 nitrogen and oxygen atoms in total. The molecule has 42 heavy (non-hydrogen) atoms. The number of hydrogen-bond donors (Lipinski definition) is 1. The van der Waals surface area contributed by atoms with Crippen molar-refractivity contribution in [2.75, 3.05) is 17.2 Å². The lowest BCUT2D eigenvalue weighted by atomic mass is 10.0. The highest BCUT2D eigenvalue weighted by Gasteiger charge is 2.26. The third-order valence-electron chi connectivity index (χ3n) is 7.74. The number of thioether (sulfide) groups is 1. The summed E-state index contributed by atoms with van der Waals surface area (Å²) in [4.78, 5) is 3.34. The van der Waals surface area contributed by atoms with Gasteiger partial charge in [0.25, 0.3) is 15.1 Å². The second-order valence-electron chi connectivity index (χ2n) is 10.9. The lowest BCUT2D eigenvalue weighted by Gasteiger charge is -2.20. The van der Waals surface area contributed by atoms with E-state index in [2.05, 4.69) is 117 Å². The zero-order chi connectivity index (χ0) is 30.0. The van der Waals surface area contributed by atoms with Crippen LogP contribution in [-0.4, -0.2) is 25.3 Å². The molecule has 5 rings (SSSR count). The van der Waals surface area contributed by atoms with E-state index < -0.39 is 10.1 Å². The predicted octanol–water partition coefficient (Wildman–Crippen LogP) is 7.87. The van der Waals surface area contributed by atoms with E-state index in [0.717, 1.165) is 22.0 Å². The molecule has 0 bridgehead atoms. The Morgan fingerprint density at radius 2 is 1.67 bits per heavy atom. The number of rotatable bonds is 9. The van der Waals surface area contributed by atoms with Crippen molar-refractivity contribution in [2.45, 2.75) is 45.4 Å². The highest BCUT2D eigenvalue weighted by atomic mass is 32.2. The topological polar surface area (TPSA) is 61.5 Å². The summed E-state index contributed by atoms with van der Waals surface area (Å²) < 4.78 is 35.7. The van der Waals surface area contributed by atoms with Gasteiger partial charge in [-0.15, -0.1) is 0 Å². The van der Waals surface area contributed by atoms with Crippen molar-refractivity contribution in [1.29, 1.82) is 0 Å². The van der Waals surface area contributed by atoms with Gasteiger partial charge < -0.3 is 4.90 Å². The van der Waals surface area contributed by atoms with E-state index in [9.17, 15) is 13.0 Å². The predicted molar refractivity (Wildman–Crippen MR) is 178 cm³/mol. The molecular weight excluding hydrogens is 581 g/mol. The molecule has 0 saturated heterocycles. The largest absolute Gasteiger partial charge is 0.335 e. The Morgan fingerprint density at radius 1 is 0.976 bits per heavy atom. The molecule has 0 aliphatic carbocycles. The maximum Gasteiger partial charge on any atom is 0.264 e. The van der Waals surface area contributed by atoms with Gasteiger partial charge in [-0.2, -0.15) is 13.0 Å². The molecule has 1 aromatic heterocycles. The molecule has 0 radical (unpaired) electrons. The zero-order valence-corrected chi connectivity index (χ0v) is 27.2. The first kappa shape index (κ1) is 30.3. The summed E-state index contributed by atoms with van der Waals surface area (Å²) in [6.45, 7) is 9.02. The van der Waals surface area contributed by atoms with Crippen LogP contribution >= 0.6 is 23.1 Å². The number of nitrogens with zero attached hydrogens (tertiary/aromatic N) is 2. The van der Waals surface area contributed by atoms with Crippen molar-refractivity contribution in [3.8, 4) is 0 Å². The van der Waals surface area contributed by atoms with Crippen molar-refractivity contribution >= 4 is 55.2 Å². The Hall–Kier alpha value is -3.17. The lowest BCUT2D eigenvalue weighted by molar-refractivity contribution is -0.642. The van der Waals surface area contributed by atoms with Gasteiger partial charge in [-0.05, 0) is 98.2 Å². The van der Waals surface area contributed by atoms with Crippen LogP contribution in [0.4, 0.5) is 5.69 Å². The number of anilines is 1. The SMILES string of the molecule is Cc1cc2c(cc1C)N(CCCS(=O)(=O)O)C(=CC=C(C=Cc1sc3cc(C)c(C)cc3[n+]1C)Cc1ccccc1)S2. The molecule has 8 heteroatoms. The molecule has 4 aromatic rings. The van der Waals surface area contributed by atoms with Gasteiger partial charge in [0.05, 0.1) is 16.5 Å². The lowest BCUT2D eigenvalue weighted by Crippen LogP contribution is -2.28. The average Bonchev–Trinajstić information content (AvgIpc) is 3.42. The first-order valence-electron chi connectivity index (χ1n) is 14.0. The van der Waals surface area contributed by atoms with Crippen molar-refractivity contribution in [2.24, 2.45) is 7.05 Å². The van der Waals surface area contributed by atoms with Gasteiger partial charge in [-0.25, -0.2) is 0 Å². The second-order valence-corrected chi connectivity index (χ2v) is 14.6. The fraction of sp³-hybridized carbons (Fsp3) is 0.265. The van der Waals surface area contributed by atoms with E-state index in [0.29, 0.717) is 13.0 Å². The van der Waals surface area contributed by atoms with Crippen LogP contribution in [0.15, 0.2) is 88.3 Å². The smallest absolute Gasteiger partial charge is 0.264 e. The van der Waals surface area contributed by atoms with Crippen LogP contribution in [0.1, 0.15) is 39.2 Å². The fourth-order valence-corrected chi connectivity index (χ4v) is 7.84. The van der Waals surface area contributed by atoms with Gasteiger partial charge in [0.1, 0.15) is 11.7 Å². The average molecular weight is 618 g/mol. The second kappa shape index (κ2) is 12.6. The molecular formula is C34H37N2O3S3+. The molecule has 0 atom stereocenters. The van der Waals surface area contributed by atoms with Crippen LogP contribution in [0.2, 0.25) is 0 Å². The van der Waals surface area contributed by atoms with Crippen LogP contribution in [-0.2, 0) is 23.6 Å². The molecule has 1 aliphatic heterocycles. The van der Waals surface area contributed by atoms with Crippen LogP contribution in [0.3, 0.4) is 0 Å². The molecule has 0 amide bonds. The van der Waals surface area contributed by atoms with Crippen molar-refractivity contribution in [3.63, 3.8) is 0 Å². The summed E-state index contributed by atoms with van der Waals surface area (Å²) in [6.07, 6.45) is 9.85. The standard InChI is InChI=1S/C34H36N2O3S3/c1-23-18-29-31(20-25(23)3)40-33(35(29)5)14-12-28(22-27-10-7-6-8-11-27)13-15-34-36(16-9-17-42(37,38)39)30-19-24(2)26(4)21-32(30)41-34/h6-8,10-15,18-21H,9,16-17,22H2,1-5H3/p+1. The van der Waals surface area contributed by atoms with E-state index in [4.69, 9.17) is 0 Å². The van der Waals surface area contributed by atoms with Crippen LogP contribution in [0.5, 0.6) is 0 Å². The number of fused-ring (bicyclic) bond motifs is 2. The minimum atomic E-state index is -4.01. The van der Waals surface area contributed by atoms with Crippen molar-refractivity contribution in [3.05, 3.63) is 116 Å². The van der Waals surface area contributed by atoms with Gasteiger partial charge in [-0.3, -0.25) is 4.55 Å². The third-order valence-corrected chi connectivity index (χ3v) is 10.8. The summed E-state index contributed by atoms with van der Waals surface area (Å²) >= 11 is 3.50. The van der Waals surface area contributed by atoms with E-state index in [1.807, 2.05) is 6.07 Å². The first-order valence-corrected chi connectivity index (χ1v) is 17.3. The highest BCUT2D eigenvalue weighted by Crippen LogP contribution is 2.47. The maximum atomic E-state index is 11.4. The zero-order valence-electron chi connectivity index (χ0n) is 24.7. The molecule has 1 aliphatic rings. The molecule has 0 saturated carbocycles. The van der Waals surface area contributed by atoms with E-state index >= 15 is 0 Å². The Kier molecular flexibility index (Phi) is 9.08. The number of aryl methyl sites for hydroxylation is 5. The summed E-state index contributed by atoms with van der Waals surface area (Å²) in [5.74, 6) is -0.259. The van der Waals surface area contributed by atoms with Gasteiger partial charge in [-0.1, -0.05) is 65.6 Å². The van der Waals surface area contributed by atoms with Crippen LogP contribution < -0.4 is 9.47 Å². The van der Waals surface area contributed by atoms with Crippen molar-refractivity contribution in [1.82, 2.24) is 0 Å². The van der Waals surface area contributed by atoms with Gasteiger partial charge in [0, 0.05) is 23.6 Å².